The summed E-state index contributed by atoms with van der Waals surface area (Å²) < 4.78 is 39.0. The monoisotopic (exact) mass is 182 g/mol. The van der Waals surface area contributed by atoms with Crippen molar-refractivity contribution in [1.82, 2.24) is 4.90 Å². The molecule has 0 bridgehead atoms. The molecule has 0 amide bonds. The fourth-order valence-electron chi connectivity index (χ4n) is 0.563. The molecular weight excluding hydrogens is 173 g/mol. The molecule has 1 rings (SSSR count). The molecule has 0 saturated heterocycles. The van der Waals surface area contributed by atoms with E-state index in [1.54, 1.807) is 0 Å². The van der Waals surface area contributed by atoms with Gasteiger partial charge in [0.2, 0.25) is 0 Å². The number of hydrogen-bond donors (Lipinski definition) is 0. The molecule has 0 aromatic rings. The molecule has 0 aromatic heterocycles. The van der Waals surface area contributed by atoms with Gasteiger partial charge in [0, 0.05) is 13.6 Å². The van der Waals surface area contributed by atoms with E-state index >= 15 is 0 Å². The minimum atomic E-state index is -6.00. The first-order chi connectivity index (χ1) is 5.39. The maximum atomic E-state index is 9.75. The summed E-state index contributed by atoms with van der Waals surface area (Å²) >= 11 is 0. The van der Waals surface area contributed by atoms with Gasteiger partial charge in [0.15, 0.2) is 0 Å². The molecule has 70 valence electrons. The number of hydrogen-bond acceptors (Lipinski definition) is 1. The van der Waals surface area contributed by atoms with Crippen molar-refractivity contribution in [2.75, 3.05) is 13.6 Å². The number of halogens is 4. The van der Waals surface area contributed by atoms with Crippen LogP contribution in [0.2, 0.25) is 0 Å². The standard InChI is InChI=1S/C6H9N.BF4/c1-7-5-3-2-4-6-7;2-1(3,4)5/h2-5H,6H2,1H3;/q;-1. The van der Waals surface area contributed by atoms with Crippen LogP contribution in [0.5, 0.6) is 0 Å². The largest absolute Gasteiger partial charge is 0.673 e. The fraction of sp³-hybridized carbons (Fsp3) is 0.333. The van der Waals surface area contributed by atoms with E-state index in [0.29, 0.717) is 0 Å². The summed E-state index contributed by atoms with van der Waals surface area (Å²) in [7, 11) is -3.94. The molecule has 1 aliphatic heterocycles. The van der Waals surface area contributed by atoms with Gasteiger partial charge in [0.1, 0.15) is 0 Å². The Balaban J connectivity index is 0.000000217. The van der Waals surface area contributed by atoms with Gasteiger partial charge in [-0.3, -0.25) is 0 Å². The average Bonchev–Trinajstić information content (AvgIpc) is 1.85. The minimum Gasteiger partial charge on any atom is -0.418 e. The zero-order valence-corrected chi connectivity index (χ0v) is 6.55. The van der Waals surface area contributed by atoms with E-state index in [4.69, 9.17) is 0 Å². The topological polar surface area (TPSA) is 3.24 Å². The Labute approximate surface area is 68.5 Å². The van der Waals surface area contributed by atoms with E-state index in [-0.39, 0.29) is 0 Å². The van der Waals surface area contributed by atoms with Gasteiger partial charge in [-0.2, -0.15) is 0 Å². The third-order valence-corrected chi connectivity index (χ3v) is 0.981. The van der Waals surface area contributed by atoms with Crippen molar-refractivity contribution >= 4 is 7.25 Å². The first kappa shape index (κ1) is 11.1. The highest BCUT2D eigenvalue weighted by Gasteiger charge is 2.20. The van der Waals surface area contributed by atoms with E-state index in [2.05, 4.69) is 30.3 Å². The maximum absolute atomic E-state index is 9.75. The second-order valence-electron chi connectivity index (χ2n) is 2.20. The summed E-state index contributed by atoms with van der Waals surface area (Å²) in [5.41, 5.74) is 0. The summed E-state index contributed by atoms with van der Waals surface area (Å²) in [6, 6.07) is 0. The van der Waals surface area contributed by atoms with Crippen LogP contribution in [0.4, 0.5) is 17.3 Å². The number of likely N-dealkylation sites (N-methyl/N-ethyl adjacent to an activating group) is 1. The Hall–Kier alpha value is -0.935. The lowest BCUT2D eigenvalue weighted by Gasteiger charge is -2.11. The molecule has 0 atom stereocenters. The van der Waals surface area contributed by atoms with Gasteiger partial charge in [-0.15, -0.1) is 0 Å². The van der Waals surface area contributed by atoms with Gasteiger partial charge in [-0.05, 0) is 12.3 Å². The molecule has 1 nitrogen and oxygen atoms in total. The molecule has 0 spiro atoms. The lowest BCUT2D eigenvalue weighted by atomic mass is 10.3. The minimum absolute atomic E-state index is 1.05. The van der Waals surface area contributed by atoms with Gasteiger partial charge in [-0.1, -0.05) is 12.2 Å². The molecule has 0 fully saturated rings. The van der Waals surface area contributed by atoms with Gasteiger partial charge < -0.3 is 22.2 Å². The number of rotatable bonds is 0. The first-order valence-electron chi connectivity index (χ1n) is 3.30. The van der Waals surface area contributed by atoms with Crippen molar-refractivity contribution in [3.63, 3.8) is 0 Å². The zero-order chi connectivity index (χ0) is 9.61. The molecule has 0 aromatic carbocycles. The van der Waals surface area contributed by atoms with Crippen LogP contribution in [-0.2, 0) is 0 Å². The summed E-state index contributed by atoms with van der Waals surface area (Å²) in [5, 5.41) is 0. The van der Waals surface area contributed by atoms with Crippen LogP contribution in [0.1, 0.15) is 0 Å². The van der Waals surface area contributed by atoms with Gasteiger partial charge >= 0.3 is 7.25 Å². The second-order valence-corrected chi connectivity index (χ2v) is 2.20. The molecule has 0 aliphatic carbocycles. The van der Waals surface area contributed by atoms with Crippen LogP contribution in [-0.4, -0.2) is 25.7 Å². The van der Waals surface area contributed by atoms with E-state index in [1.165, 1.54) is 0 Å². The molecule has 1 aliphatic rings. The van der Waals surface area contributed by atoms with Crippen LogP contribution in [0, 0.1) is 0 Å². The highest BCUT2D eigenvalue weighted by atomic mass is 19.5. The number of nitrogens with zero attached hydrogens (tertiary/aromatic N) is 1. The van der Waals surface area contributed by atoms with Gasteiger partial charge in [0.25, 0.3) is 0 Å². The van der Waals surface area contributed by atoms with E-state index < -0.39 is 7.25 Å². The zero-order valence-electron chi connectivity index (χ0n) is 6.55. The maximum Gasteiger partial charge on any atom is 0.673 e. The van der Waals surface area contributed by atoms with Crippen molar-refractivity contribution in [2.24, 2.45) is 0 Å². The molecule has 0 saturated carbocycles. The molecule has 1 heterocycles. The quantitative estimate of drug-likeness (QED) is 0.410. The summed E-state index contributed by atoms with van der Waals surface area (Å²) in [4.78, 5) is 2.12. The molecule has 0 N–H and O–H groups in total. The van der Waals surface area contributed by atoms with Gasteiger partial charge in [0.05, 0.1) is 0 Å². The predicted molar refractivity (Wildman–Crippen MR) is 41.1 cm³/mol. The van der Waals surface area contributed by atoms with Crippen LogP contribution in [0.15, 0.2) is 24.4 Å². The fourth-order valence-corrected chi connectivity index (χ4v) is 0.563. The third kappa shape index (κ3) is 11.8. The predicted octanol–water partition coefficient (Wildman–Crippen LogP) is 2.30. The summed E-state index contributed by atoms with van der Waals surface area (Å²) in [5.74, 6) is 0. The van der Waals surface area contributed by atoms with Gasteiger partial charge in [-0.25, -0.2) is 0 Å². The Morgan fingerprint density at radius 2 is 1.67 bits per heavy atom. The van der Waals surface area contributed by atoms with Crippen LogP contribution < -0.4 is 0 Å². The van der Waals surface area contributed by atoms with E-state index in [0.717, 1.165) is 6.54 Å². The molecule has 6 heteroatoms. The normalized spacial score (nSPS) is 15.6. The van der Waals surface area contributed by atoms with Crippen LogP contribution in [0.3, 0.4) is 0 Å². The van der Waals surface area contributed by atoms with Crippen molar-refractivity contribution in [3.05, 3.63) is 24.4 Å². The van der Waals surface area contributed by atoms with Crippen LogP contribution >= 0.6 is 0 Å². The van der Waals surface area contributed by atoms with Crippen molar-refractivity contribution in [1.29, 1.82) is 0 Å². The average molecular weight is 182 g/mol. The molecule has 0 radical (unpaired) electrons. The highest BCUT2D eigenvalue weighted by Crippen LogP contribution is 2.06. The highest BCUT2D eigenvalue weighted by molar-refractivity contribution is 6.50. The molecule has 12 heavy (non-hydrogen) atoms. The SMILES string of the molecule is CN1C=CC=CC1.F[B-](F)(F)F. The van der Waals surface area contributed by atoms with Crippen LogP contribution in [0.25, 0.3) is 0 Å². The molecule has 0 unspecified atom stereocenters. The van der Waals surface area contributed by atoms with E-state index in [9.17, 15) is 17.3 Å². The third-order valence-electron chi connectivity index (χ3n) is 0.981. The Morgan fingerprint density at radius 3 is 1.83 bits per heavy atom. The number of allylic oxidation sites excluding steroid dienone is 2. The Bertz CT molecular complexity index is 169. The van der Waals surface area contributed by atoms with Crippen molar-refractivity contribution in [2.45, 2.75) is 0 Å². The second kappa shape index (κ2) is 4.85. The van der Waals surface area contributed by atoms with Crippen molar-refractivity contribution < 1.29 is 17.3 Å². The smallest absolute Gasteiger partial charge is 0.418 e. The molecular formula is C6H9BF4N-. The summed E-state index contributed by atoms with van der Waals surface area (Å²) in [6.45, 7) is 1.05. The van der Waals surface area contributed by atoms with Crippen molar-refractivity contribution in [3.8, 4) is 0 Å². The van der Waals surface area contributed by atoms with E-state index in [1.807, 2.05) is 6.08 Å². The summed E-state index contributed by atoms with van der Waals surface area (Å²) in [6.07, 6.45) is 8.27. The lowest BCUT2D eigenvalue weighted by Crippen LogP contribution is -2.11. The Morgan fingerprint density at radius 1 is 1.17 bits per heavy atom. The first-order valence-corrected chi connectivity index (χ1v) is 3.30. The lowest BCUT2D eigenvalue weighted by molar-refractivity contribution is 0.368. The Kier molecular flexibility index (Phi) is 4.47.